The summed E-state index contributed by atoms with van der Waals surface area (Å²) in [6.45, 7) is 5.11. The molecule has 0 fully saturated rings. The first-order chi connectivity index (χ1) is 16.3. The van der Waals surface area contributed by atoms with E-state index in [0.29, 0.717) is 19.3 Å². The van der Waals surface area contributed by atoms with Gasteiger partial charge in [-0.25, -0.2) is 5.01 Å². The van der Waals surface area contributed by atoms with E-state index in [-0.39, 0.29) is 37.5 Å². The number of aryl methyl sites for hydroxylation is 1. The molecule has 0 bridgehead atoms. The predicted molar refractivity (Wildman–Crippen MR) is 144 cm³/mol. The van der Waals surface area contributed by atoms with Crippen molar-refractivity contribution in [1.29, 1.82) is 0 Å². The van der Waals surface area contributed by atoms with E-state index in [4.69, 9.17) is 4.74 Å². The van der Waals surface area contributed by atoms with Gasteiger partial charge < -0.3 is 9.84 Å². The average Bonchev–Trinajstić information content (AvgIpc) is 3.15. The molecule has 3 rings (SSSR count). The second-order valence-corrected chi connectivity index (χ2v) is 8.53. The molecule has 1 amide bonds. The van der Waals surface area contributed by atoms with Crippen molar-refractivity contribution in [1.82, 2.24) is 10.3 Å². The molecule has 0 aliphatic carbocycles. The molecular weight excluding hydrogens is 505 g/mol. The van der Waals surface area contributed by atoms with E-state index in [9.17, 15) is 19.5 Å². The number of carboxylic acids is 1. The van der Waals surface area contributed by atoms with Crippen LogP contribution in [0.4, 0.5) is 5.69 Å². The first-order valence-electron chi connectivity index (χ1n) is 11.7. The second kappa shape index (κ2) is 14.7. The van der Waals surface area contributed by atoms with Crippen molar-refractivity contribution >= 4 is 48.3 Å². The highest BCUT2D eigenvalue weighted by Crippen LogP contribution is 2.33. The zero-order chi connectivity index (χ0) is 24.7. The van der Waals surface area contributed by atoms with Crippen molar-refractivity contribution in [3.05, 3.63) is 65.7 Å². The Morgan fingerprint density at radius 3 is 2.39 bits per heavy atom. The lowest BCUT2D eigenvalue weighted by Gasteiger charge is -2.38. The summed E-state index contributed by atoms with van der Waals surface area (Å²) in [5, 5.41) is 15.7. The lowest BCUT2D eigenvalue weighted by molar-refractivity contribution is -0.148. The molecule has 10 heteroatoms. The summed E-state index contributed by atoms with van der Waals surface area (Å²) in [6.07, 6.45) is 1.79. The van der Waals surface area contributed by atoms with E-state index >= 15 is 0 Å². The summed E-state index contributed by atoms with van der Waals surface area (Å²) in [4.78, 5) is 37.8. The van der Waals surface area contributed by atoms with Gasteiger partial charge in [-0.2, -0.15) is 0 Å². The number of amides is 1. The number of hydrogen-bond acceptors (Lipinski definition) is 6. The number of halogens is 2. The smallest absolute Gasteiger partial charge is 0.325 e. The van der Waals surface area contributed by atoms with Gasteiger partial charge in [-0.15, -0.1) is 24.8 Å². The van der Waals surface area contributed by atoms with Gasteiger partial charge in [0.15, 0.2) is 0 Å². The van der Waals surface area contributed by atoms with Crippen LogP contribution in [-0.4, -0.2) is 59.2 Å². The molecule has 0 saturated carbocycles. The Morgan fingerprint density at radius 2 is 1.75 bits per heavy atom. The molecule has 1 aliphatic heterocycles. The van der Waals surface area contributed by atoms with Crippen LogP contribution >= 0.6 is 24.8 Å². The van der Waals surface area contributed by atoms with E-state index < -0.39 is 36.5 Å². The van der Waals surface area contributed by atoms with E-state index in [0.717, 1.165) is 16.8 Å². The molecule has 8 nitrogen and oxygen atoms in total. The first-order valence-corrected chi connectivity index (χ1v) is 11.7. The fourth-order valence-electron chi connectivity index (χ4n) is 4.37. The Morgan fingerprint density at radius 1 is 1.11 bits per heavy atom. The van der Waals surface area contributed by atoms with Crippen LogP contribution in [-0.2, 0) is 32.0 Å². The van der Waals surface area contributed by atoms with Crippen LogP contribution in [0.5, 0.6) is 0 Å². The van der Waals surface area contributed by atoms with Crippen molar-refractivity contribution in [2.75, 3.05) is 18.2 Å². The number of carboxylic acid groups (broad SMARTS) is 1. The Kier molecular flexibility index (Phi) is 12.7. The molecule has 2 N–H and O–H groups in total. The maximum Gasteiger partial charge on any atom is 0.325 e. The number of rotatable bonds is 11. The number of aliphatic carboxylic acids is 1. The fraction of sp³-hybridized carbons (Fsp3) is 0.423. The lowest BCUT2D eigenvalue weighted by Crippen LogP contribution is -2.58. The number of ether oxygens (including phenoxy) is 1. The summed E-state index contributed by atoms with van der Waals surface area (Å²) >= 11 is 0. The minimum atomic E-state index is -1.11. The second-order valence-electron chi connectivity index (χ2n) is 8.53. The average molecular weight is 540 g/mol. The van der Waals surface area contributed by atoms with Crippen LogP contribution in [0, 0.1) is 0 Å². The fourth-order valence-corrected chi connectivity index (χ4v) is 4.37. The van der Waals surface area contributed by atoms with Crippen LogP contribution in [0.1, 0.15) is 38.3 Å². The molecule has 3 atom stereocenters. The quantitative estimate of drug-likeness (QED) is 0.420. The zero-order valence-corrected chi connectivity index (χ0v) is 22.4. The molecule has 0 aromatic heterocycles. The molecule has 0 saturated heterocycles. The molecule has 1 aliphatic rings. The van der Waals surface area contributed by atoms with Crippen LogP contribution in [0.2, 0.25) is 0 Å². The third-order valence-corrected chi connectivity index (χ3v) is 5.93. The van der Waals surface area contributed by atoms with Gasteiger partial charge >= 0.3 is 11.9 Å². The third kappa shape index (κ3) is 7.85. The van der Waals surface area contributed by atoms with E-state index in [1.165, 1.54) is 5.01 Å². The number of anilines is 1. The van der Waals surface area contributed by atoms with E-state index in [1.807, 2.05) is 61.5 Å². The monoisotopic (exact) mass is 539 g/mol. The topological polar surface area (TPSA) is 99.2 Å². The number of hydrazine groups is 1. The highest BCUT2D eigenvalue weighted by molar-refractivity contribution is 5.88. The Bertz CT molecular complexity index is 1010. The van der Waals surface area contributed by atoms with Crippen LogP contribution in [0.25, 0.3) is 0 Å². The molecule has 1 unspecified atom stereocenters. The van der Waals surface area contributed by atoms with Crippen molar-refractivity contribution in [2.24, 2.45) is 0 Å². The number of carbonyl (C=O) groups excluding carboxylic acids is 2. The van der Waals surface area contributed by atoms with Gasteiger partial charge in [0, 0.05) is 0 Å². The summed E-state index contributed by atoms with van der Waals surface area (Å²) in [5.74, 6) is -1.95. The minimum Gasteiger partial charge on any atom is -0.480 e. The number of benzene rings is 2. The standard InChI is InChI=1S/C26H33N3O5.2ClH/c1-4-34-26(33)22(15-14-20-10-6-5-7-11-20)27-19(3)25(32)28(17-24(30)31)29-18(2)16-21-12-8-9-13-23(21)29;;/h5-13,18-19,22,27H,4,14-17H2,1-3H3,(H,30,31);2*1H/t18?,19-,22-;;/m0../s1. The van der Waals surface area contributed by atoms with Gasteiger partial charge in [0.1, 0.15) is 12.6 Å². The Balaban J connectivity index is 0.00000324. The summed E-state index contributed by atoms with van der Waals surface area (Å²) in [6, 6.07) is 15.9. The highest BCUT2D eigenvalue weighted by Gasteiger charge is 2.37. The normalized spacial score (nSPS) is 15.5. The van der Waals surface area contributed by atoms with Gasteiger partial charge in [0.2, 0.25) is 0 Å². The number of carbonyl (C=O) groups is 3. The van der Waals surface area contributed by atoms with Gasteiger partial charge in [0.25, 0.3) is 5.91 Å². The molecular formula is C26H35Cl2N3O5. The Labute approximate surface area is 224 Å². The summed E-state index contributed by atoms with van der Waals surface area (Å²) in [5.41, 5.74) is 2.96. The molecule has 2 aromatic carbocycles. The number of hydrogen-bond donors (Lipinski definition) is 2. The van der Waals surface area contributed by atoms with Gasteiger partial charge in [-0.05, 0) is 57.2 Å². The lowest BCUT2D eigenvalue weighted by atomic mass is 10.0. The van der Waals surface area contributed by atoms with Gasteiger partial charge in [-0.3, -0.25) is 24.7 Å². The third-order valence-electron chi connectivity index (χ3n) is 5.93. The SMILES string of the molecule is CCOC(=O)[C@H](CCc1ccccc1)N[C@@H](C)C(=O)N(CC(=O)O)N1c2ccccc2CC1C.Cl.Cl. The van der Waals surface area contributed by atoms with Crippen LogP contribution < -0.4 is 10.3 Å². The van der Waals surface area contributed by atoms with Crippen LogP contribution in [0.3, 0.4) is 0 Å². The van der Waals surface area contributed by atoms with Crippen molar-refractivity contribution in [3.63, 3.8) is 0 Å². The summed E-state index contributed by atoms with van der Waals surface area (Å²) in [7, 11) is 0. The van der Waals surface area contributed by atoms with E-state index in [1.54, 1.807) is 18.9 Å². The maximum atomic E-state index is 13.5. The highest BCUT2D eigenvalue weighted by atomic mass is 35.5. The first kappa shape index (κ1) is 31.2. The van der Waals surface area contributed by atoms with Crippen molar-refractivity contribution < 1.29 is 24.2 Å². The van der Waals surface area contributed by atoms with Crippen molar-refractivity contribution in [3.8, 4) is 0 Å². The van der Waals surface area contributed by atoms with Crippen molar-refractivity contribution in [2.45, 2.75) is 58.2 Å². The van der Waals surface area contributed by atoms with Gasteiger partial charge in [-0.1, -0.05) is 48.5 Å². The maximum absolute atomic E-state index is 13.5. The molecule has 198 valence electrons. The number of nitrogens with one attached hydrogen (secondary N) is 1. The predicted octanol–water partition coefficient (Wildman–Crippen LogP) is 3.65. The molecule has 0 spiro atoms. The van der Waals surface area contributed by atoms with E-state index in [2.05, 4.69) is 5.32 Å². The number of esters is 1. The number of fused-ring (bicyclic) bond motifs is 1. The van der Waals surface area contributed by atoms with Crippen LogP contribution in [0.15, 0.2) is 54.6 Å². The largest absolute Gasteiger partial charge is 0.480 e. The molecule has 36 heavy (non-hydrogen) atoms. The number of para-hydroxylation sites is 1. The molecule has 1 heterocycles. The van der Waals surface area contributed by atoms with Gasteiger partial charge in [0.05, 0.1) is 24.4 Å². The zero-order valence-electron chi connectivity index (χ0n) is 20.8. The Hall–Kier alpha value is -2.81. The minimum absolute atomic E-state index is 0. The summed E-state index contributed by atoms with van der Waals surface area (Å²) < 4.78 is 5.23. The molecule has 2 aromatic rings. The number of nitrogens with zero attached hydrogens (tertiary/aromatic N) is 2. The molecule has 0 radical (unpaired) electrons.